The van der Waals surface area contributed by atoms with Gasteiger partial charge in [0.15, 0.2) is 5.58 Å². The van der Waals surface area contributed by atoms with Crippen molar-refractivity contribution < 1.29 is 14.3 Å². The van der Waals surface area contributed by atoms with E-state index in [9.17, 15) is 20.2 Å². The second kappa shape index (κ2) is 5.10. The van der Waals surface area contributed by atoms with Crippen LogP contribution in [0.2, 0.25) is 0 Å². The average molecular weight is 341 g/mol. The Bertz CT molecular complexity index is 1130. The van der Waals surface area contributed by atoms with Crippen LogP contribution >= 0.6 is 11.3 Å². The largest absolute Gasteiger partial charge is 0.435 e. The lowest BCUT2D eigenvalue weighted by molar-refractivity contribution is -0.383. The zero-order chi connectivity index (χ0) is 16.8. The predicted octanol–water partition coefficient (Wildman–Crippen LogP) is 4.53. The number of fused-ring (bicyclic) bond motifs is 3. The highest BCUT2D eigenvalue weighted by atomic mass is 32.1. The van der Waals surface area contributed by atoms with Crippen molar-refractivity contribution in [1.29, 1.82) is 0 Å². The van der Waals surface area contributed by atoms with Gasteiger partial charge in [-0.25, -0.2) is 4.98 Å². The van der Waals surface area contributed by atoms with E-state index in [1.54, 1.807) is 30.3 Å². The Morgan fingerprint density at radius 3 is 2.42 bits per heavy atom. The third-order valence-corrected chi connectivity index (χ3v) is 4.58. The molecule has 4 rings (SSSR count). The summed E-state index contributed by atoms with van der Waals surface area (Å²) in [6, 6.07) is 11.1. The first-order valence-electron chi connectivity index (χ1n) is 6.76. The van der Waals surface area contributed by atoms with Crippen molar-refractivity contribution in [2.75, 3.05) is 0 Å². The number of benzene rings is 2. The number of oxazole rings is 1. The molecule has 0 unspecified atom stereocenters. The molecule has 0 N–H and O–H groups in total. The van der Waals surface area contributed by atoms with Crippen LogP contribution in [0.15, 0.2) is 46.9 Å². The molecule has 8 nitrogen and oxygen atoms in total. The molecule has 0 amide bonds. The summed E-state index contributed by atoms with van der Waals surface area (Å²) in [6.07, 6.45) is 0. The van der Waals surface area contributed by atoms with Gasteiger partial charge in [0.1, 0.15) is 5.52 Å². The van der Waals surface area contributed by atoms with Crippen LogP contribution in [0, 0.1) is 20.2 Å². The van der Waals surface area contributed by atoms with Gasteiger partial charge in [0.25, 0.3) is 5.69 Å². The van der Waals surface area contributed by atoms with Crippen LogP contribution in [-0.4, -0.2) is 14.8 Å². The molecule has 4 aromatic rings. The number of aromatic nitrogens is 1. The summed E-state index contributed by atoms with van der Waals surface area (Å²) >= 11 is 0.936. The van der Waals surface area contributed by atoms with Gasteiger partial charge in [-0.3, -0.25) is 20.2 Å². The number of nitrogens with zero attached hydrogens (tertiary/aromatic N) is 3. The first-order chi connectivity index (χ1) is 11.5. The number of non-ortho nitro benzene ring substituents is 1. The summed E-state index contributed by atoms with van der Waals surface area (Å²) in [6.45, 7) is 0. The van der Waals surface area contributed by atoms with Gasteiger partial charge >= 0.3 is 5.00 Å². The minimum absolute atomic E-state index is 0.0249. The van der Waals surface area contributed by atoms with Crippen LogP contribution in [0.3, 0.4) is 0 Å². The van der Waals surface area contributed by atoms with Crippen molar-refractivity contribution in [3.8, 4) is 10.8 Å². The molecule has 2 aromatic heterocycles. The molecule has 0 fully saturated rings. The lowest BCUT2D eigenvalue weighted by Crippen LogP contribution is -1.89. The summed E-state index contributed by atoms with van der Waals surface area (Å²) in [5, 5.41) is 23.1. The lowest BCUT2D eigenvalue weighted by atomic mass is 10.1. The fraction of sp³-hybridized carbons (Fsp3) is 0. The lowest BCUT2D eigenvalue weighted by Gasteiger charge is -1.99. The fourth-order valence-corrected chi connectivity index (χ4v) is 3.28. The van der Waals surface area contributed by atoms with Gasteiger partial charge in [-0.05, 0) is 12.1 Å². The molecule has 9 heteroatoms. The van der Waals surface area contributed by atoms with E-state index in [0.29, 0.717) is 26.7 Å². The van der Waals surface area contributed by atoms with E-state index >= 15 is 0 Å². The van der Waals surface area contributed by atoms with Crippen LogP contribution in [-0.2, 0) is 0 Å². The molecule has 0 spiro atoms. The topological polar surface area (TPSA) is 112 Å². The number of hydrogen-bond acceptors (Lipinski definition) is 7. The minimum Gasteiger partial charge on any atom is -0.435 e. The van der Waals surface area contributed by atoms with E-state index in [-0.39, 0.29) is 16.6 Å². The van der Waals surface area contributed by atoms with Gasteiger partial charge < -0.3 is 4.42 Å². The smallest absolute Gasteiger partial charge is 0.324 e. The van der Waals surface area contributed by atoms with E-state index in [4.69, 9.17) is 4.42 Å². The first-order valence-corrected chi connectivity index (χ1v) is 7.57. The molecular weight excluding hydrogens is 334 g/mol. The van der Waals surface area contributed by atoms with E-state index in [1.807, 2.05) is 0 Å². The quantitative estimate of drug-likeness (QED) is 0.400. The zero-order valence-electron chi connectivity index (χ0n) is 11.8. The second-order valence-corrected chi connectivity index (χ2v) is 6.02. The van der Waals surface area contributed by atoms with Crippen molar-refractivity contribution in [2.45, 2.75) is 0 Å². The second-order valence-electron chi connectivity index (χ2n) is 4.96. The third kappa shape index (κ3) is 2.10. The Morgan fingerprint density at radius 1 is 1.00 bits per heavy atom. The van der Waals surface area contributed by atoms with Crippen LogP contribution in [0.4, 0.5) is 10.7 Å². The highest BCUT2D eigenvalue weighted by Crippen LogP contribution is 2.38. The Hall–Kier alpha value is -3.33. The summed E-state index contributed by atoms with van der Waals surface area (Å²) in [7, 11) is 0. The van der Waals surface area contributed by atoms with Gasteiger partial charge in [-0.2, -0.15) is 0 Å². The number of nitro benzene ring substituents is 1. The molecule has 2 aromatic carbocycles. The van der Waals surface area contributed by atoms with Crippen LogP contribution in [0.25, 0.3) is 32.6 Å². The van der Waals surface area contributed by atoms with E-state index in [1.165, 1.54) is 12.1 Å². The third-order valence-electron chi connectivity index (χ3n) is 3.55. The SMILES string of the molecule is O=[N+]([O-])c1ccc(-c2nc3cc([N+](=O)[O-])c4ccccc4c3o2)s1. The molecule has 0 saturated heterocycles. The van der Waals surface area contributed by atoms with Crippen molar-refractivity contribution in [3.05, 3.63) is 62.7 Å². The highest BCUT2D eigenvalue weighted by molar-refractivity contribution is 7.18. The van der Waals surface area contributed by atoms with Crippen molar-refractivity contribution in [1.82, 2.24) is 4.98 Å². The normalized spacial score (nSPS) is 11.2. The van der Waals surface area contributed by atoms with Gasteiger partial charge in [-0.1, -0.05) is 29.5 Å². The van der Waals surface area contributed by atoms with Crippen molar-refractivity contribution in [3.63, 3.8) is 0 Å². The molecule has 0 saturated carbocycles. The summed E-state index contributed by atoms with van der Waals surface area (Å²) in [5.74, 6) is 0.203. The fourth-order valence-electron chi connectivity index (χ4n) is 2.53. The highest BCUT2D eigenvalue weighted by Gasteiger charge is 2.21. The van der Waals surface area contributed by atoms with Gasteiger partial charge in [0.05, 0.1) is 20.1 Å². The predicted molar refractivity (Wildman–Crippen MR) is 88.1 cm³/mol. The van der Waals surface area contributed by atoms with Crippen LogP contribution in [0.5, 0.6) is 0 Å². The Labute approximate surface area is 137 Å². The molecule has 0 aliphatic heterocycles. The summed E-state index contributed by atoms with van der Waals surface area (Å²) in [5.41, 5.74) is 0.698. The molecule has 0 bridgehead atoms. The van der Waals surface area contributed by atoms with Crippen molar-refractivity contribution >= 4 is 43.9 Å². The van der Waals surface area contributed by atoms with Gasteiger partial charge in [-0.15, -0.1) is 0 Å². The minimum atomic E-state index is -0.489. The first kappa shape index (κ1) is 14.3. The molecule has 0 aliphatic carbocycles. The maximum atomic E-state index is 11.3. The van der Waals surface area contributed by atoms with E-state index in [0.717, 1.165) is 11.3 Å². The van der Waals surface area contributed by atoms with E-state index < -0.39 is 9.85 Å². The molecule has 0 radical (unpaired) electrons. The molecule has 0 atom stereocenters. The molecule has 24 heavy (non-hydrogen) atoms. The average Bonchev–Trinajstić information content (AvgIpc) is 3.20. The van der Waals surface area contributed by atoms with Gasteiger partial charge in [0, 0.05) is 17.5 Å². The molecule has 118 valence electrons. The monoisotopic (exact) mass is 341 g/mol. The maximum absolute atomic E-state index is 11.3. The number of thiophene rings is 1. The standard InChI is InChI=1S/C15H7N3O5S/c19-17(20)11-7-10-14(9-4-2-1-3-8(9)11)23-15(16-10)12-5-6-13(24-12)18(21)22/h1-7H. The van der Waals surface area contributed by atoms with Crippen molar-refractivity contribution in [2.24, 2.45) is 0 Å². The Balaban J connectivity index is 1.99. The number of hydrogen-bond donors (Lipinski definition) is 0. The number of rotatable bonds is 3. The summed E-state index contributed by atoms with van der Waals surface area (Å²) < 4.78 is 5.75. The molecule has 0 aliphatic rings. The maximum Gasteiger partial charge on any atom is 0.324 e. The van der Waals surface area contributed by atoms with Crippen LogP contribution < -0.4 is 0 Å². The van der Waals surface area contributed by atoms with Gasteiger partial charge in [0.2, 0.25) is 5.89 Å². The molecule has 2 heterocycles. The van der Waals surface area contributed by atoms with Crippen LogP contribution in [0.1, 0.15) is 0 Å². The Kier molecular flexibility index (Phi) is 3.03. The molecular formula is C15H7N3O5S. The summed E-state index contributed by atoms with van der Waals surface area (Å²) in [4.78, 5) is 25.9. The zero-order valence-corrected chi connectivity index (χ0v) is 12.6. The van der Waals surface area contributed by atoms with E-state index in [2.05, 4.69) is 4.98 Å². The number of nitro groups is 2. The Morgan fingerprint density at radius 2 is 1.75 bits per heavy atom.